The normalized spacial score (nSPS) is 22.4. The minimum Gasteiger partial charge on any atom is -0.380 e. The molecule has 2 saturated carbocycles. The highest BCUT2D eigenvalue weighted by molar-refractivity contribution is 5.95. The van der Waals surface area contributed by atoms with Gasteiger partial charge in [0.15, 0.2) is 0 Å². The van der Waals surface area contributed by atoms with Gasteiger partial charge in [-0.2, -0.15) is 0 Å². The predicted octanol–water partition coefficient (Wildman–Crippen LogP) is 5.00. The van der Waals surface area contributed by atoms with Crippen molar-refractivity contribution in [3.8, 4) is 11.1 Å². The Hall–Kier alpha value is -2.86. The number of rotatable bonds is 3. The molecule has 6 nitrogen and oxygen atoms in total. The first-order valence-corrected chi connectivity index (χ1v) is 14.3. The number of nitrogens with one attached hydrogen (secondary N) is 1. The summed E-state index contributed by atoms with van der Waals surface area (Å²) >= 11 is 0. The van der Waals surface area contributed by atoms with Gasteiger partial charge in [0.1, 0.15) is 5.60 Å². The van der Waals surface area contributed by atoms with Crippen LogP contribution in [0, 0.1) is 0 Å². The molecule has 0 unspecified atom stereocenters. The van der Waals surface area contributed by atoms with Gasteiger partial charge in [-0.1, -0.05) is 62.8 Å². The van der Waals surface area contributed by atoms with Gasteiger partial charge in [-0.3, -0.25) is 9.59 Å². The first kappa shape index (κ1) is 24.5. The van der Waals surface area contributed by atoms with Crippen molar-refractivity contribution >= 4 is 17.5 Å². The molecule has 196 valence electrons. The Morgan fingerprint density at radius 2 is 1.38 bits per heavy atom. The number of carbonyl (C=O) groups excluding carboxylic acids is 2. The third kappa shape index (κ3) is 4.88. The summed E-state index contributed by atoms with van der Waals surface area (Å²) in [5, 5.41) is 14.1. The number of amides is 2. The van der Waals surface area contributed by atoms with Gasteiger partial charge in [0.25, 0.3) is 11.8 Å². The van der Waals surface area contributed by atoms with E-state index in [2.05, 4.69) is 35.6 Å². The number of carbonyl (C=O) groups is 2. The molecule has 1 spiro atoms. The Labute approximate surface area is 220 Å². The van der Waals surface area contributed by atoms with Crippen molar-refractivity contribution in [2.24, 2.45) is 0 Å². The van der Waals surface area contributed by atoms with Crippen LogP contribution in [0.1, 0.15) is 80.1 Å². The van der Waals surface area contributed by atoms with Crippen LogP contribution in [0.25, 0.3) is 11.1 Å². The molecule has 2 aliphatic carbocycles. The Kier molecular flexibility index (Phi) is 6.47. The molecule has 0 bridgehead atoms. The Bertz CT molecular complexity index is 1150. The van der Waals surface area contributed by atoms with Gasteiger partial charge in [-0.05, 0) is 67.0 Å². The molecule has 4 aliphatic rings. The van der Waals surface area contributed by atoms with Gasteiger partial charge in [0.2, 0.25) is 0 Å². The average Bonchev–Trinajstić information content (AvgIpc) is 3.54. The molecule has 0 aromatic heterocycles. The lowest BCUT2D eigenvalue weighted by molar-refractivity contribution is -0.143. The molecule has 2 aromatic rings. The van der Waals surface area contributed by atoms with Crippen molar-refractivity contribution in [3.63, 3.8) is 0 Å². The van der Waals surface area contributed by atoms with E-state index in [-0.39, 0.29) is 17.4 Å². The molecule has 37 heavy (non-hydrogen) atoms. The fourth-order valence-corrected chi connectivity index (χ4v) is 6.61. The van der Waals surface area contributed by atoms with Gasteiger partial charge in [-0.15, -0.1) is 0 Å². The van der Waals surface area contributed by atoms with Crippen molar-refractivity contribution in [1.29, 1.82) is 0 Å². The second kappa shape index (κ2) is 9.79. The monoisotopic (exact) mass is 501 g/mol. The van der Waals surface area contributed by atoms with Crippen molar-refractivity contribution in [3.05, 3.63) is 53.6 Å². The second-order valence-corrected chi connectivity index (χ2v) is 11.7. The van der Waals surface area contributed by atoms with Crippen LogP contribution in [0.4, 0.5) is 5.69 Å². The lowest BCUT2D eigenvalue weighted by Crippen LogP contribution is -2.53. The third-order valence-electron chi connectivity index (χ3n) is 9.07. The maximum absolute atomic E-state index is 13.2. The maximum atomic E-state index is 13.2. The van der Waals surface area contributed by atoms with Crippen molar-refractivity contribution in [2.45, 2.75) is 81.8 Å². The molecule has 6 rings (SSSR count). The molecule has 2 N–H and O–H groups in total. The van der Waals surface area contributed by atoms with Crippen LogP contribution < -0.4 is 5.32 Å². The van der Waals surface area contributed by atoms with Gasteiger partial charge < -0.3 is 20.2 Å². The van der Waals surface area contributed by atoms with Crippen LogP contribution in [0.3, 0.4) is 0 Å². The standard InChI is InChI=1S/C31H39N3O3/c35-28(33-18-20-34(21-19-33)29(36)31(37)16-17-31)24-12-10-23(11-13-24)25-8-7-9-27-26(25)22-30(32-27)14-5-3-1-2-4-6-15-30/h7-13,32,37H,1-6,14-22H2. The summed E-state index contributed by atoms with van der Waals surface area (Å²) in [7, 11) is 0. The second-order valence-electron chi connectivity index (χ2n) is 11.7. The van der Waals surface area contributed by atoms with E-state index in [9.17, 15) is 14.7 Å². The van der Waals surface area contributed by atoms with E-state index in [0.29, 0.717) is 44.6 Å². The van der Waals surface area contributed by atoms with Gasteiger partial charge in [0, 0.05) is 43.0 Å². The first-order valence-electron chi connectivity index (χ1n) is 14.3. The van der Waals surface area contributed by atoms with Gasteiger partial charge in [0.05, 0.1) is 0 Å². The molecule has 2 amide bonds. The summed E-state index contributed by atoms with van der Waals surface area (Å²) < 4.78 is 0. The van der Waals surface area contributed by atoms with Gasteiger partial charge in [-0.25, -0.2) is 0 Å². The number of aliphatic hydroxyl groups is 1. The van der Waals surface area contributed by atoms with Crippen LogP contribution in [-0.4, -0.2) is 64.0 Å². The van der Waals surface area contributed by atoms with E-state index >= 15 is 0 Å². The number of piperazine rings is 1. The lowest BCUT2D eigenvalue weighted by Gasteiger charge is -2.35. The predicted molar refractivity (Wildman–Crippen MR) is 146 cm³/mol. The van der Waals surface area contributed by atoms with Crippen LogP contribution in [0.5, 0.6) is 0 Å². The summed E-state index contributed by atoms with van der Waals surface area (Å²) in [6.07, 6.45) is 12.7. The third-order valence-corrected chi connectivity index (χ3v) is 9.07. The first-order chi connectivity index (χ1) is 18.0. The number of benzene rings is 2. The topological polar surface area (TPSA) is 72.9 Å². The Balaban J connectivity index is 1.13. The molecule has 6 heteroatoms. The zero-order valence-electron chi connectivity index (χ0n) is 21.8. The molecule has 2 aromatic carbocycles. The molecule has 0 atom stereocenters. The van der Waals surface area contributed by atoms with E-state index in [1.807, 2.05) is 17.0 Å². The molecular formula is C31H39N3O3. The highest BCUT2D eigenvalue weighted by Crippen LogP contribution is 2.44. The highest BCUT2D eigenvalue weighted by atomic mass is 16.3. The fourth-order valence-electron chi connectivity index (χ4n) is 6.61. The summed E-state index contributed by atoms with van der Waals surface area (Å²) in [4.78, 5) is 29.1. The summed E-state index contributed by atoms with van der Waals surface area (Å²) in [6, 6.07) is 14.6. The number of hydrogen-bond acceptors (Lipinski definition) is 4. The van der Waals surface area contributed by atoms with E-state index in [1.54, 1.807) is 4.90 Å². The van der Waals surface area contributed by atoms with E-state index < -0.39 is 5.60 Å². The highest BCUT2D eigenvalue weighted by Gasteiger charge is 2.50. The van der Waals surface area contributed by atoms with Crippen molar-refractivity contribution < 1.29 is 14.7 Å². The number of anilines is 1. The number of fused-ring (bicyclic) bond motifs is 1. The lowest BCUT2D eigenvalue weighted by atomic mass is 9.83. The largest absolute Gasteiger partial charge is 0.380 e. The van der Waals surface area contributed by atoms with Crippen LogP contribution >= 0.6 is 0 Å². The smallest absolute Gasteiger partial charge is 0.254 e. The number of hydrogen-bond donors (Lipinski definition) is 2. The summed E-state index contributed by atoms with van der Waals surface area (Å²) in [5.41, 5.74) is 4.86. The van der Waals surface area contributed by atoms with Crippen LogP contribution in [0.2, 0.25) is 0 Å². The van der Waals surface area contributed by atoms with Crippen LogP contribution in [-0.2, 0) is 11.2 Å². The quantitative estimate of drug-likeness (QED) is 0.621. The molecule has 2 heterocycles. The van der Waals surface area contributed by atoms with E-state index in [1.165, 1.54) is 68.2 Å². The molecular weight excluding hydrogens is 462 g/mol. The minimum absolute atomic E-state index is 0.00767. The number of nitrogens with zero attached hydrogens (tertiary/aromatic N) is 2. The fraction of sp³-hybridized carbons (Fsp3) is 0.548. The van der Waals surface area contributed by atoms with Crippen LogP contribution in [0.15, 0.2) is 42.5 Å². The van der Waals surface area contributed by atoms with Crippen molar-refractivity contribution in [1.82, 2.24) is 9.80 Å². The molecule has 1 saturated heterocycles. The molecule has 2 aliphatic heterocycles. The minimum atomic E-state index is -1.14. The van der Waals surface area contributed by atoms with Crippen molar-refractivity contribution in [2.75, 3.05) is 31.5 Å². The van der Waals surface area contributed by atoms with E-state index in [0.717, 1.165) is 12.0 Å². The maximum Gasteiger partial charge on any atom is 0.254 e. The Morgan fingerprint density at radius 3 is 2.03 bits per heavy atom. The Morgan fingerprint density at radius 1 is 0.757 bits per heavy atom. The summed E-state index contributed by atoms with van der Waals surface area (Å²) in [6.45, 7) is 1.97. The zero-order valence-corrected chi connectivity index (χ0v) is 21.8. The molecule has 3 fully saturated rings. The SMILES string of the molecule is O=C(c1ccc(-c2cccc3c2CC2(CCCCCCCC2)N3)cc1)N1CCN(C(=O)C2(O)CC2)CC1. The summed E-state index contributed by atoms with van der Waals surface area (Å²) in [5.74, 6) is -0.168. The average molecular weight is 502 g/mol. The zero-order chi connectivity index (χ0) is 25.5. The van der Waals surface area contributed by atoms with Gasteiger partial charge >= 0.3 is 0 Å². The van der Waals surface area contributed by atoms with E-state index in [4.69, 9.17) is 0 Å². The molecule has 0 radical (unpaired) electrons.